The van der Waals surface area contributed by atoms with E-state index < -0.39 is 0 Å². The summed E-state index contributed by atoms with van der Waals surface area (Å²) in [6.45, 7) is 2.35. The highest BCUT2D eigenvalue weighted by atomic mass is 16.3. The largest absolute Gasteiger partial charge is 0.456 e. The smallest absolute Gasteiger partial charge is 0.137 e. The van der Waals surface area contributed by atoms with Crippen LogP contribution in [-0.2, 0) is 0 Å². The third-order valence-corrected chi connectivity index (χ3v) is 14.3. The minimum atomic E-state index is 0.398. The van der Waals surface area contributed by atoms with Gasteiger partial charge < -0.3 is 13.9 Å². The molecule has 2 aromatic heterocycles. The molecule has 0 aliphatic heterocycles. The Hall–Kier alpha value is -8.92. The summed E-state index contributed by atoms with van der Waals surface area (Å²) in [5, 5.41) is 4.70. The number of para-hydroxylation sites is 3. The van der Waals surface area contributed by atoms with Crippen LogP contribution < -0.4 is 4.90 Å². The van der Waals surface area contributed by atoms with Crippen LogP contribution in [0.5, 0.6) is 0 Å². The molecule has 13 rings (SSSR count). The lowest BCUT2D eigenvalue weighted by atomic mass is 9.82. The highest BCUT2D eigenvalue weighted by Crippen LogP contribution is 2.45. The second kappa shape index (κ2) is 17.3. The molecule has 0 N–H and O–H groups in total. The van der Waals surface area contributed by atoms with Crippen molar-refractivity contribution in [3.8, 4) is 39.1 Å². The van der Waals surface area contributed by atoms with Gasteiger partial charge in [0.2, 0.25) is 0 Å². The molecule has 10 aromatic carbocycles. The number of rotatable bonds is 9. The zero-order valence-electron chi connectivity index (χ0n) is 38.8. The van der Waals surface area contributed by atoms with E-state index >= 15 is 0 Å². The average molecular weight is 897 g/mol. The van der Waals surface area contributed by atoms with Gasteiger partial charge in [0.05, 0.1) is 16.7 Å². The fourth-order valence-electron chi connectivity index (χ4n) is 10.9. The molecule has 0 amide bonds. The van der Waals surface area contributed by atoms with Crippen molar-refractivity contribution >= 4 is 72.0 Å². The van der Waals surface area contributed by atoms with Crippen molar-refractivity contribution in [2.24, 2.45) is 5.92 Å². The first-order valence-corrected chi connectivity index (χ1v) is 24.3. The van der Waals surface area contributed by atoms with Gasteiger partial charge in [0.25, 0.3) is 0 Å². The van der Waals surface area contributed by atoms with E-state index in [0.717, 1.165) is 78.8 Å². The zero-order chi connectivity index (χ0) is 46.5. The number of furan rings is 1. The molecule has 1 aliphatic carbocycles. The van der Waals surface area contributed by atoms with E-state index in [1.54, 1.807) is 0 Å². The van der Waals surface area contributed by atoms with Crippen molar-refractivity contribution in [1.82, 2.24) is 4.57 Å². The number of hydrogen-bond donors (Lipinski definition) is 0. The van der Waals surface area contributed by atoms with E-state index in [1.807, 2.05) is 12.1 Å². The summed E-state index contributed by atoms with van der Waals surface area (Å²) in [5.74, 6) is 0.398. The maximum Gasteiger partial charge on any atom is 0.137 e. The van der Waals surface area contributed by atoms with Gasteiger partial charge in [-0.1, -0.05) is 189 Å². The molecule has 0 saturated heterocycles. The molecule has 0 radical (unpaired) electrons. The second-order valence-corrected chi connectivity index (χ2v) is 18.5. The first kappa shape index (κ1) is 41.3. The molecule has 0 spiro atoms. The van der Waals surface area contributed by atoms with Gasteiger partial charge in [-0.3, -0.25) is 0 Å². The number of allylic oxidation sites excluding steroid dienone is 4. The van der Waals surface area contributed by atoms with Gasteiger partial charge in [-0.2, -0.15) is 0 Å². The van der Waals surface area contributed by atoms with Crippen molar-refractivity contribution in [2.45, 2.75) is 13.3 Å². The lowest BCUT2D eigenvalue weighted by Crippen LogP contribution is -2.11. The summed E-state index contributed by atoms with van der Waals surface area (Å²) < 4.78 is 8.78. The maximum absolute atomic E-state index is 6.40. The molecular weight excluding hydrogens is 849 g/mol. The van der Waals surface area contributed by atoms with Crippen molar-refractivity contribution in [3.63, 3.8) is 0 Å². The van der Waals surface area contributed by atoms with Crippen LogP contribution in [0.25, 0.3) is 94.0 Å². The standard InChI is InChI=1S/C67H48N2O/c1-45-42-50(47-18-6-3-7-19-47)34-40-56(45)49-32-37-54(38-33-49)68(53-35-30-48(31-36-53)46-16-4-2-5-17-46)62-26-11-8-22-57(62)51-20-14-21-52(43-51)58-25-15-28-64-67(58)61-24-9-12-27-63(61)69(64)55-39-41-60-59-23-10-13-29-65(59)70-66(60)44-55/h2-41,43-45H,42H2,1H3. The van der Waals surface area contributed by atoms with Crippen LogP contribution in [0.2, 0.25) is 0 Å². The number of anilines is 3. The minimum absolute atomic E-state index is 0.398. The minimum Gasteiger partial charge on any atom is -0.456 e. The molecule has 0 bridgehead atoms. The van der Waals surface area contributed by atoms with Crippen LogP contribution in [0.1, 0.15) is 24.5 Å². The van der Waals surface area contributed by atoms with E-state index in [4.69, 9.17) is 4.42 Å². The van der Waals surface area contributed by atoms with Crippen molar-refractivity contribution in [1.29, 1.82) is 0 Å². The Morgan fingerprint density at radius 1 is 0.414 bits per heavy atom. The van der Waals surface area contributed by atoms with Crippen molar-refractivity contribution in [3.05, 3.63) is 266 Å². The molecule has 12 aromatic rings. The molecule has 70 heavy (non-hydrogen) atoms. The van der Waals surface area contributed by atoms with Crippen LogP contribution in [-0.4, -0.2) is 4.57 Å². The molecular formula is C67H48N2O. The first-order chi connectivity index (χ1) is 34.6. The van der Waals surface area contributed by atoms with E-state index in [-0.39, 0.29) is 0 Å². The van der Waals surface area contributed by atoms with Crippen LogP contribution in [0, 0.1) is 5.92 Å². The van der Waals surface area contributed by atoms with E-state index in [2.05, 4.69) is 259 Å². The predicted octanol–water partition coefficient (Wildman–Crippen LogP) is 18.7. The average Bonchev–Trinajstić information content (AvgIpc) is 3.98. The van der Waals surface area contributed by atoms with Crippen molar-refractivity contribution in [2.75, 3.05) is 4.90 Å². The van der Waals surface area contributed by atoms with Gasteiger partial charge in [0.1, 0.15) is 11.2 Å². The first-order valence-electron chi connectivity index (χ1n) is 24.3. The van der Waals surface area contributed by atoms with Gasteiger partial charge in [0.15, 0.2) is 0 Å². The Bertz CT molecular complexity index is 3970. The molecule has 3 nitrogen and oxygen atoms in total. The number of nitrogens with zero attached hydrogens (tertiary/aromatic N) is 2. The summed E-state index contributed by atoms with van der Waals surface area (Å²) in [4.78, 5) is 2.42. The molecule has 1 aliphatic rings. The predicted molar refractivity (Wildman–Crippen MR) is 295 cm³/mol. The van der Waals surface area contributed by atoms with E-state index in [0.29, 0.717) is 5.92 Å². The summed E-state index contributed by atoms with van der Waals surface area (Å²) in [6.07, 6.45) is 5.65. The molecule has 3 heteroatoms. The third-order valence-electron chi connectivity index (χ3n) is 14.3. The highest BCUT2D eigenvalue weighted by molar-refractivity contribution is 6.16. The van der Waals surface area contributed by atoms with E-state index in [1.165, 1.54) is 49.7 Å². The molecule has 1 unspecified atom stereocenters. The SMILES string of the molecule is CC1CC(c2ccccc2)=CC=C1c1ccc(N(c2ccc(-c3ccccc3)cc2)c2ccccc2-c2cccc(-c3cccc4c3c3ccccc3n4-c3ccc4c(c3)oc3ccccc34)c2)cc1. The summed E-state index contributed by atoms with van der Waals surface area (Å²) in [5.41, 5.74) is 20.8. The van der Waals surface area contributed by atoms with Crippen LogP contribution in [0.3, 0.4) is 0 Å². The Morgan fingerprint density at radius 2 is 0.986 bits per heavy atom. The van der Waals surface area contributed by atoms with Gasteiger partial charge >= 0.3 is 0 Å². The lowest BCUT2D eigenvalue weighted by molar-refractivity contribution is 0.668. The quantitative estimate of drug-likeness (QED) is 0.144. The topological polar surface area (TPSA) is 21.3 Å². The summed E-state index contributed by atoms with van der Waals surface area (Å²) in [7, 11) is 0. The van der Waals surface area contributed by atoms with Crippen molar-refractivity contribution < 1.29 is 4.42 Å². The second-order valence-electron chi connectivity index (χ2n) is 18.5. The number of aromatic nitrogens is 1. The number of fused-ring (bicyclic) bond motifs is 6. The fourth-order valence-corrected chi connectivity index (χ4v) is 10.9. The zero-order valence-corrected chi connectivity index (χ0v) is 38.8. The van der Waals surface area contributed by atoms with Gasteiger partial charge in [-0.25, -0.2) is 0 Å². The summed E-state index contributed by atoms with van der Waals surface area (Å²) >= 11 is 0. The Balaban J connectivity index is 0.912. The monoisotopic (exact) mass is 896 g/mol. The molecule has 332 valence electrons. The Morgan fingerprint density at radius 3 is 1.76 bits per heavy atom. The van der Waals surface area contributed by atoms with Gasteiger partial charge in [-0.15, -0.1) is 0 Å². The van der Waals surface area contributed by atoms with Crippen LogP contribution >= 0.6 is 0 Å². The van der Waals surface area contributed by atoms with Gasteiger partial charge in [0, 0.05) is 50.2 Å². The Labute approximate surface area is 408 Å². The van der Waals surface area contributed by atoms with Gasteiger partial charge in [-0.05, 0) is 129 Å². The lowest BCUT2D eigenvalue weighted by Gasteiger charge is -2.29. The number of benzene rings is 10. The molecule has 0 saturated carbocycles. The summed E-state index contributed by atoms with van der Waals surface area (Å²) in [6, 6.07) is 87.9. The maximum atomic E-state index is 6.40. The highest BCUT2D eigenvalue weighted by Gasteiger charge is 2.22. The molecule has 1 atom stereocenters. The molecule has 0 fully saturated rings. The number of hydrogen-bond acceptors (Lipinski definition) is 2. The Kier molecular flexibility index (Phi) is 10.2. The van der Waals surface area contributed by atoms with Crippen LogP contribution in [0.4, 0.5) is 17.1 Å². The normalized spacial score (nSPS) is 13.8. The fraction of sp³-hybridized carbons (Fsp3) is 0.0448. The van der Waals surface area contributed by atoms with E-state index in [9.17, 15) is 0 Å². The molecule has 2 heterocycles. The third kappa shape index (κ3) is 7.23. The van der Waals surface area contributed by atoms with Crippen LogP contribution in [0.15, 0.2) is 259 Å².